The van der Waals surface area contributed by atoms with E-state index in [0.29, 0.717) is 5.41 Å². The maximum absolute atomic E-state index is 12.6. The largest absolute Gasteiger partial charge is 0.339 e. The first kappa shape index (κ1) is 15.2. The minimum atomic E-state index is 0.195. The number of hydrogen-bond donors (Lipinski definition) is 0. The van der Waals surface area contributed by atoms with Crippen LogP contribution in [-0.4, -0.2) is 47.9 Å². The molecule has 4 rings (SSSR count). The van der Waals surface area contributed by atoms with Crippen LogP contribution in [0.2, 0.25) is 0 Å². The lowest BCUT2D eigenvalue weighted by Crippen LogP contribution is -2.51. The Morgan fingerprint density at radius 2 is 1.61 bits per heavy atom. The minimum Gasteiger partial charge on any atom is -0.339 e. The second-order valence-corrected chi connectivity index (χ2v) is 7.70. The number of piperidine rings is 2. The molecule has 1 aromatic rings. The lowest BCUT2D eigenvalue weighted by atomic mass is 9.70. The van der Waals surface area contributed by atoms with E-state index in [1.54, 1.807) is 0 Å². The molecule has 1 spiro atoms. The number of hydrogen-bond acceptors (Lipinski definition) is 2. The minimum absolute atomic E-state index is 0.195. The second-order valence-electron chi connectivity index (χ2n) is 7.70. The summed E-state index contributed by atoms with van der Waals surface area (Å²) in [5.74, 6) is 0.195. The van der Waals surface area contributed by atoms with Crippen molar-refractivity contribution in [2.75, 3.05) is 26.2 Å². The Hall–Kier alpha value is -1.35. The molecule has 2 heterocycles. The van der Waals surface area contributed by atoms with Crippen LogP contribution in [0.1, 0.15) is 55.3 Å². The molecule has 0 bridgehead atoms. The Balaban J connectivity index is 1.31. The van der Waals surface area contributed by atoms with E-state index >= 15 is 0 Å². The van der Waals surface area contributed by atoms with Crippen LogP contribution in [0.15, 0.2) is 24.3 Å². The molecule has 3 aliphatic rings. The molecule has 1 aliphatic carbocycles. The standard InChI is InChI=1S/C20H27N2O/c23-19(17-5-2-1-3-6-17)22-15-11-20(12-16-22)9-13-21(14-10-20)18-7-4-8-18/h2-3,5-6,18H,4,7-16H2. The number of likely N-dealkylation sites (tertiary alicyclic amines) is 2. The molecule has 123 valence electrons. The lowest BCUT2D eigenvalue weighted by molar-refractivity contribution is 0.00647. The second kappa shape index (κ2) is 6.27. The molecule has 0 aromatic heterocycles. The number of carbonyl (C=O) groups is 1. The van der Waals surface area contributed by atoms with Gasteiger partial charge in [0.1, 0.15) is 0 Å². The van der Waals surface area contributed by atoms with Gasteiger partial charge in [0.05, 0.1) is 0 Å². The number of nitrogens with zero attached hydrogens (tertiary/aromatic N) is 2. The van der Waals surface area contributed by atoms with Gasteiger partial charge in [0.15, 0.2) is 0 Å². The summed E-state index contributed by atoms with van der Waals surface area (Å²) < 4.78 is 0. The van der Waals surface area contributed by atoms with Crippen molar-refractivity contribution in [3.05, 3.63) is 35.9 Å². The Morgan fingerprint density at radius 1 is 1.00 bits per heavy atom. The van der Waals surface area contributed by atoms with Crippen LogP contribution in [0.4, 0.5) is 0 Å². The topological polar surface area (TPSA) is 23.6 Å². The highest BCUT2D eigenvalue weighted by atomic mass is 16.2. The SMILES string of the molecule is O=C(c1cc[c]cc1)N1CCC2(CC1)CCN(C1CCC1)CC2. The fourth-order valence-corrected chi connectivity index (χ4v) is 4.51. The van der Waals surface area contributed by atoms with Crippen molar-refractivity contribution < 1.29 is 4.79 Å². The van der Waals surface area contributed by atoms with Crippen LogP contribution in [0.3, 0.4) is 0 Å². The quantitative estimate of drug-likeness (QED) is 0.836. The van der Waals surface area contributed by atoms with Crippen molar-refractivity contribution in [3.8, 4) is 0 Å². The van der Waals surface area contributed by atoms with Crippen LogP contribution in [0, 0.1) is 11.5 Å². The van der Waals surface area contributed by atoms with Gasteiger partial charge in [-0.15, -0.1) is 0 Å². The maximum Gasteiger partial charge on any atom is 0.253 e. The molecule has 1 amide bonds. The Bertz CT molecular complexity index is 534. The highest BCUT2D eigenvalue weighted by molar-refractivity contribution is 5.94. The zero-order chi connectivity index (χ0) is 15.7. The third kappa shape index (κ3) is 3.03. The van der Waals surface area contributed by atoms with Crippen LogP contribution >= 0.6 is 0 Å². The summed E-state index contributed by atoms with van der Waals surface area (Å²) in [6.45, 7) is 4.43. The van der Waals surface area contributed by atoms with Crippen molar-refractivity contribution in [1.82, 2.24) is 9.80 Å². The number of rotatable bonds is 2. The predicted molar refractivity (Wildman–Crippen MR) is 91.3 cm³/mol. The third-order valence-electron chi connectivity index (χ3n) is 6.53. The molecule has 23 heavy (non-hydrogen) atoms. The average Bonchev–Trinajstić information content (AvgIpc) is 2.56. The monoisotopic (exact) mass is 311 g/mol. The molecule has 0 unspecified atom stereocenters. The average molecular weight is 311 g/mol. The molecule has 3 nitrogen and oxygen atoms in total. The maximum atomic E-state index is 12.6. The van der Waals surface area contributed by atoms with Crippen molar-refractivity contribution in [2.45, 2.75) is 51.0 Å². The van der Waals surface area contributed by atoms with Crippen molar-refractivity contribution >= 4 is 5.91 Å². The van der Waals surface area contributed by atoms with Gasteiger partial charge >= 0.3 is 0 Å². The van der Waals surface area contributed by atoms with Crippen LogP contribution in [0.25, 0.3) is 0 Å². The first-order chi connectivity index (χ1) is 11.3. The van der Waals surface area contributed by atoms with Crippen LogP contribution in [-0.2, 0) is 0 Å². The summed E-state index contributed by atoms with van der Waals surface area (Å²) >= 11 is 0. The van der Waals surface area contributed by atoms with Crippen LogP contribution in [0.5, 0.6) is 0 Å². The molecule has 2 saturated heterocycles. The lowest BCUT2D eigenvalue weighted by Gasteiger charge is -2.49. The highest BCUT2D eigenvalue weighted by Gasteiger charge is 2.40. The molecule has 1 radical (unpaired) electrons. The zero-order valence-corrected chi connectivity index (χ0v) is 14.0. The van der Waals surface area contributed by atoms with E-state index < -0.39 is 0 Å². The molecule has 2 aliphatic heterocycles. The summed E-state index contributed by atoms with van der Waals surface area (Å²) in [5.41, 5.74) is 1.32. The Kier molecular flexibility index (Phi) is 4.14. The third-order valence-corrected chi connectivity index (χ3v) is 6.53. The van der Waals surface area contributed by atoms with Gasteiger partial charge < -0.3 is 9.80 Å². The fraction of sp³-hybridized carbons (Fsp3) is 0.650. The molecule has 3 heteroatoms. The molecule has 1 aromatic carbocycles. The van der Waals surface area contributed by atoms with E-state index in [9.17, 15) is 4.79 Å². The van der Waals surface area contributed by atoms with Gasteiger partial charge in [0.25, 0.3) is 5.91 Å². The Morgan fingerprint density at radius 3 is 2.17 bits per heavy atom. The van der Waals surface area contributed by atoms with Gasteiger partial charge in [0, 0.05) is 24.7 Å². The van der Waals surface area contributed by atoms with E-state index in [1.165, 1.54) is 58.0 Å². The van der Waals surface area contributed by atoms with Gasteiger partial charge in [-0.25, -0.2) is 0 Å². The van der Waals surface area contributed by atoms with Crippen molar-refractivity contribution in [2.24, 2.45) is 5.41 Å². The number of benzene rings is 1. The summed E-state index contributed by atoms with van der Waals surface area (Å²) in [6.07, 6.45) is 9.33. The van der Waals surface area contributed by atoms with Gasteiger partial charge in [-0.2, -0.15) is 0 Å². The number of carbonyl (C=O) groups excluding carboxylic acids is 1. The van der Waals surface area contributed by atoms with E-state index in [-0.39, 0.29) is 5.91 Å². The van der Waals surface area contributed by atoms with Crippen LogP contribution < -0.4 is 0 Å². The van der Waals surface area contributed by atoms with Crippen molar-refractivity contribution in [1.29, 1.82) is 0 Å². The van der Waals surface area contributed by atoms with E-state index in [2.05, 4.69) is 15.9 Å². The molecular weight excluding hydrogens is 284 g/mol. The van der Waals surface area contributed by atoms with Gasteiger partial charge in [-0.3, -0.25) is 4.79 Å². The Labute approximate surface area is 139 Å². The van der Waals surface area contributed by atoms with Gasteiger partial charge in [-0.1, -0.05) is 18.6 Å². The zero-order valence-electron chi connectivity index (χ0n) is 14.0. The molecule has 3 fully saturated rings. The fourth-order valence-electron chi connectivity index (χ4n) is 4.51. The molecule has 0 N–H and O–H groups in total. The summed E-state index contributed by atoms with van der Waals surface area (Å²) in [6, 6.07) is 11.3. The van der Waals surface area contributed by atoms with E-state index in [4.69, 9.17) is 0 Å². The molecular formula is C20H27N2O. The molecule has 0 atom stereocenters. The normalized spacial score (nSPS) is 25.3. The van der Waals surface area contributed by atoms with Gasteiger partial charge in [0.2, 0.25) is 0 Å². The number of amides is 1. The summed E-state index contributed by atoms with van der Waals surface area (Å²) in [4.78, 5) is 17.3. The van der Waals surface area contributed by atoms with E-state index in [1.807, 2.05) is 24.3 Å². The van der Waals surface area contributed by atoms with Crippen molar-refractivity contribution in [3.63, 3.8) is 0 Å². The van der Waals surface area contributed by atoms with E-state index in [0.717, 1.165) is 24.7 Å². The van der Waals surface area contributed by atoms with Gasteiger partial charge in [-0.05, 0) is 75.2 Å². The first-order valence-corrected chi connectivity index (χ1v) is 9.25. The highest BCUT2D eigenvalue weighted by Crippen LogP contribution is 2.43. The summed E-state index contributed by atoms with van der Waals surface area (Å²) in [5, 5.41) is 0. The summed E-state index contributed by atoms with van der Waals surface area (Å²) in [7, 11) is 0. The first-order valence-electron chi connectivity index (χ1n) is 9.25. The smallest absolute Gasteiger partial charge is 0.253 e. The predicted octanol–water partition coefficient (Wildman–Crippen LogP) is 3.36. The molecule has 1 saturated carbocycles.